The first-order valence-corrected chi connectivity index (χ1v) is 9.77. The van der Waals surface area contributed by atoms with E-state index in [2.05, 4.69) is 54.0 Å². The lowest BCUT2D eigenvalue weighted by Gasteiger charge is -2.31. The molecule has 2 rings (SSSR count). The predicted molar refractivity (Wildman–Crippen MR) is 96.8 cm³/mol. The first kappa shape index (κ1) is 17.1. The van der Waals surface area contributed by atoms with Crippen molar-refractivity contribution in [2.45, 2.75) is 77.6 Å². The van der Waals surface area contributed by atoms with Crippen molar-refractivity contribution in [3.63, 3.8) is 0 Å². The fourth-order valence-electron chi connectivity index (χ4n) is 3.92. The molecule has 1 aromatic carbocycles. The molecule has 21 heavy (non-hydrogen) atoms. The first-order chi connectivity index (χ1) is 10.2. The van der Waals surface area contributed by atoms with E-state index >= 15 is 0 Å². The van der Waals surface area contributed by atoms with Gasteiger partial charge in [0.1, 0.15) is 0 Å². The standard InChI is InChI=1S/C20H31Br/c1-3-5-6-16(4-2)15-17-7-9-18(10-8-17)19-11-13-20(21)14-12-19/h11-14,16-18H,3-10,15H2,1-2H3. The average Bonchev–Trinajstić information content (AvgIpc) is 2.53. The summed E-state index contributed by atoms with van der Waals surface area (Å²) in [6.45, 7) is 4.70. The van der Waals surface area contributed by atoms with Gasteiger partial charge in [-0.1, -0.05) is 67.6 Å². The summed E-state index contributed by atoms with van der Waals surface area (Å²) in [5.41, 5.74) is 1.55. The van der Waals surface area contributed by atoms with Gasteiger partial charge in [0.05, 0.1) is 0 Å². The molecular weight excluding hydrogens is 320 g/mol. The van der Waals surface area contributed by atoms with Crippen molar-refractivity contribution < 1.29 is 0 Å². The van der Waals surface area contributed by atoms with E-state index in [1.165, 1.54) is 62.3 Å². The largest absolute Gasteiger partial charge is 0.0654 e. The molecule has 0 heterocycles. The molecule has 0 N–H and O–H groups in total. The Morgan fingerprint density at radius 1 is 1.05 bits per heavy atom. The molecule has 1 heteroatoms. The minimum absolute atomic E-state index is 0.810. The van der Waals surface area contributed by atoms with Gasteiger partial charge < -0.3 is 0 Å². The van der Waals surface area contributed by atoms with Crippen LogP contribution in [0.5, 0.6) is 0 Å². The summed E-state index contributed by atoms with van der Waals surface area (Å²) in [5, 5.41) is 0. The van der Waals surface area contributed by atoms with Crippen LogP contribution in [-0.4, -0.2) is 0 Å². The summed E-state index contributed by atoms with van der Waals surface area (Å²) >= 11 is 3.53. The Morgan fingerprint density at radius 2 is 1.71 bits per heavy atom. The smallest absolute Gasteiger partial charge is 0.0175 e. The molecule has 1 atom stereocenters. The zero-order chi connectivity index (χ0) is 15.1. The highest BCUT2D eigenvalue weighted by atomic mass is 79.9. The number of rotatable bonds is 7. The first-order valence-electron chi connectivity index (χ1n) is 8.98. The zero-order valence-corrected chi connectivity index (χ0v) is 15.4. The maximum Gasteiger partial charge on any atom is 0.0175 e. The fraction of sp³-hybridized carbons (Fsp3) is 0.700. The number of hydrogen-bond acceptors (Lipinski definition) is 0. The highest BCUT2D eigenvalue weighted by Gasteiger charge is 2.24. The maximum absolute atomic E-state index is 3.53. The highest BCUT2D eigenvalue weighted by Crippen LogP contribution is 2.39. The third-order valence-electron chi connectivity index (χ3n) is 5.40. The van der Waals surface area contributed by atoms with E-state index in [0.29, 0.717) is 0 Å². The van der Waals surface area contributed by atoms with Gasteiger partial charge in [-0.15, -0.1) is 0 Å². The van der Waals surface area contributed by atoms with Gasteiger partial charge in [0.15, 0.2) is 0 Å². The third-order valence-corrected chi connectivity index (χ3v) is 5.93. The van der Waals surface area contributed by atoms with Crippen LogP contribution in [-0.2, 0) is 0 Å². The van der Waals surface area contributed by atoms with Crippen molar-refractivity contribution in [1.82, 2.24) is 0 Å². The van der Waals surface area contributed by atoms with Crippen molar-refractivity contribution >= 4 is 15.9 Å². The lowest BCUT2D eigenvalue weighted by Crippen LogP contribution is -2.16. The van der Waals surface area contributed by atoms with Gasteiger partial charge in [-0.25, -0.2) is 0 Å². The van der Waals surface area contributed by atoms with E-state index in [1.54, 1.807) is 5.56 Å². The fourth-order valence-corrected chi connectivity index (χ4v) is 4.18. The van der Waals surface area contributed by atoms with Gasteiger partial charge in [-0.2, -0.15) is 0 Å². The summed E-state index contributed by atoms with van der Waals surface area (Å²) in [6, 6.07) is 9.01. The maximum atomic E-state index is 3.53. The van der Waals surface area contributed by atoms with E-state index in [0.717, 1.165) is 17.8 Å². The van der Waals surface area contributed by atoms with E-state index in [-0.39, 0.29) is 0 Å². The third kappa shape index (κ3) is 5.43. The minimum Gasteiger partial charge on any atom is -0.0654 e. The molecule has 0 aromatic heterocycles. The van der Waals surface area contributed by atoms with Gasteiger partial charge in [0.25, 0.3) is 0 Å². The number of unbranched alkanes of at least 4 members (excludes halogenated alkanes) is 1. The Bertz CT molecular complexity index is 387. The number of hydrogen-bond donors (Lipinski definition) is 0. The Hall–Kier alpha value is -0.300. The normalized spacial score (nSPS) is 24.0. The second kappa shape index (κ2) is 8.98. The van der Waals surface area contributed by atoms with E-state index in [4.69, 9.17) is 0 Å². The van der Waals surface area contributed by atoms with E-state index < -0.39 is 0 Å². The lowest BCUT2D eigenvalue weighted by molar-refractivity contribution is 0.256. The minimum atomic E-state index is 0.810. The average molecular weight is 351 g/mol. The molecule has 0 spiro atoms. The second-order valence-corrected chi connectivity index (χ2v) is 7.84. The van der Waals surface area contributed by atoms with Gasteiger partial charge in [0.2, 0.25) is 0 Å². The monoisotopic (exact) mass is 350 g/mol. The number of halogens is 1. The zero-order valence-electron chi connectivity index (χ0n) is 13.8. The van der Waals surface area contributed by atoms with Crippen LogP contribution in [0.4, 0.5) is 0 Å². The molecule has 1 aliphatic rings. The molecule has 1 saturated carbocycles. The SMILES string of the molecule is CCCCC(CC)CC1CCC(c2ccc(Br)cc2)CC1. The van der Waals surface area contributed by atoms with Crippen LogP contribution >= 0.6 is 15.9 Å². The molecule has 118 valence electrons. The van der Waals surface area contributed by atoms with E-state index in [1.807, 2.05) is 0 Å². The molecular formula is C20H31Br. The molecule has 1 unspecified atom stereocenters. The van der Waals surface area contributed by atoms with Gasteiger partial charge in [-0.05, 0) is 67.6 Å². The van der Waals surface area contributed by atoms with E-state index in [9.17, 15) is 0 Å². The van der Waals surface area contributed by atoms with Crippen LogP contribution in [0.3, 0.4) is 0 Å². The van der Waals surface area contributed by atoms with Crippen molar-refractivity contribution in [3.8, 4) is 0 Å². The Balaban J connectivity index is 1.78. The van der Waals surface area contributed by atoms with Gasteiger partial charge in [-0.3, -0.25) is 0 Å². The summed E-state index contributed by atoms with van der Waals surface area (Å²) in [5.74, 6) is 2.79. The molecule has 0 radical (unpaired) electrons. The Kier molecular flexibility index (Phi) is 7.29. The molecule has 0 amide bonds. The molecule has 0 aliphatic heterocycles. The van der Waals surface area contributed by atoms with Crippen LogP contribution in [0, 0.1) is 11.8 Å². The van der Waals surface area contributed by atoms with Crippen molar-refractivity contribution in [2.75, 3.05) is 0 Å². The predicted octanol–water partition coefficient (Wildman–Crippen LogP) is 7.33. The van der Waals surface area contributed by atoms with Crippen LogP contribution in [0.15, 0.2) is 28.7 Å². The molecule has 0 nitrogen and oxygen atoms in total. The molecule has 0 bridgehead atoms. The summed E-state index contributed by atoms with van der Waals surface area (Å²) in [6.07, 6.45) is 12.8. The Morgan fingerprint density at radius 3 is 2.29 bits per heavy atom. The lowest BCUT2D eigenvalue weighted by atomic mass is 9.75. The number of benzene rings is 1. The van der Waals surface area contributed by atoms with Crippen molar-refractivity contribution in [3.05, 3.63) is 34.3 Å². The highest BCUT2D eigenvalue weighted by molar-refractivity contribution is 9.10. The van der Waals surface area contributed by atoms with Crippen molar-refractivity contribution in [1.29, 1.82) is 0 Å². The van der Waals surface area contributed by atoms with Gasteiger partial charge >= 0.3 is 0 Å². The molecule has 0 saturated heterocycles. The summed E-state index contributed by atoms with van der Waals surface area (Å²) < 4.78 is 1.20. The van der Waals surface area contributed by atoms with Crippen LogP contribution < -0.4 is 0 Å². The Labute approximate surface area is 139 Å². The van der Waals surface area contributed by atoms with Gasteiger partial charge in [0, 0.05) is 4.47 Å². The quantitative estimate of drug-likeness (QED) is 0.482. The summed E-state index contributed by atoms with van der Waals surface area (Å²) in [4.78, 5) is 0. The van der Waals surface area contributed by atoms with Crippen LogP contribution in [0.1, 0.15) is 83.1 Å². The second-order valence-electron chi connectivity index (χ2n) is 6.92. The molecule has 1 aliphatic carbocycles. The van der Waals surface area contributed by atoms with Crippen molar-refractivity contribution in [2.24, 2.45) is 11.8 Å². The van der Waals surface area contributed by atoms with Crippen LogP contribution in [0.2, 0.25) is 0 Å². The van der Waals surface area contributed by atoms with Crippen LogP contribution in [0.25, 0.3) is 0 Å². The topological polar surface area (TPSA) is 0 Å². The summed E-state index contributed by atoms with van der Waals surface area (Å²) in [7, 11) is 0. The molecule has 1 fully saturated rings. The molecule has 1 aromatic rings.